The van der Waals surface area contributed by atoms with Crippen LogP contribution in [-0.4, -0.2) is 21.8 Å². The molecule has 2 N–H and O–H groups in total. The summed E-state index contributed by atoms with van der Waals surface area (Å²) < 4.78 is 0. The lowest BCUT2D eigenvalue weighted by Crippen LogP contribution is -2.44. The average molecular weight is 464 g/mol. The number of carbonyl (C=O) groups excluding carboxylic acids is 2. The second-order valence-electron chi connectivity index (χ2n) is 10.2. The van der Waals surface area contributed by atoms with E-state index in [1.165, 1.54) is 16.9 Å². The quantitative estimate of drug-likeness (QED) is 0.657. The van der Waals surface area contributed by atoms with Gasteiger partial charge in [-0.3, -0.25) is 9.59 Å². The number of fused-ring (bicyclic) bond motifs is 5. The van der Waals surface area contributed by atoms with E-state index < -0.39 is 0 Å². The zero-order chi connectivity index (χ0) is 23.3. The van der Waals surface area contributed by atoms with Crippen molar-refractivity contribution in [2.75, 3.05) is 5.32 Å². The van der Waals surface area contributed by atoms with E-state index in [1.54, 1.807) is 12.3 Å². The highest BCUT2D eigenvalue weighted by atomic mass is 32.1. The maximum atomic E-state index is 13.2. The Morgan fingerprint density at radius 2 is 2.21 bits per heavy atom. The first-order chi connectivity index (χ1) is 15.8. The number of aromatic hydroxyl groups is 1. The molecule has 0 spiro atoms. The number of thiazole rings is 1. The first-order valence-electron chi connectivity index (χ1n) is 11.8. The minimum absolute atomic E-state index is 0.0408. The van der Waals surface area contributed by atoms with E-state index in [4.69, 9.17) is 0 Å². The number of phenolic OH excluding ortho intramolecular Hbond substituents is 1. The van der Waals surface area contributed by atoms with Crippen molar-refractivity contribution in [3.8, 4) is 11.8 Å². The molecule has 0 bridgehead atoms. The van der Waals surface area contributed by atoms with Crippen molar-refractivity contribution in [1.29, 1.82) is 5.26 Å². The van der Waals surface area contributed by atoms with Crippen LogP contribution in [0.4, 0.5) is 5.13 Å². The zero-order valence-corrected chi connectivity index (χ0v) is 19.9. The van der Waals surface area contributed by atoms with E-state index >= 15 is 0 Å². The maximum absolute atomic E-state index is 13.2. The molecule has 3 aliphatic rings. The highest BCUT2D eigenvalue weighted by molar-refractivity contribution is 7.15. The zero-order valence-electron chi connectivity index (χ0n) is 19.1. The maximum Gasteiger partial charge on any atom is 0.226 e. The largest absolute Gasteiger partial charge is 0.507 e. The molecule has 5 rings (SSSR count). The number of hydrogen-bond acceptors (Lipinski definition) is 6. The Balaban J connectivity index is 1.36. The summed E-state index contributed by atoms with van der Waals surface area (Å²) in [4.78, 5) is 31.0. The summed E-state index contributed by atoms with van der Waals surface area (Å²) in [6.07, 6.45) is 7.02. The number of hydrogen-bond donors (Lipinski definition) is 2. The Bertz CT molecular complexity index is 1170. The minimum Gasteiger partial charge on any atom is -0.507 e. The van der Waals surface area contributed by atoms with Crippen molar-refractivity contribution < 1.29 is 14.7 Å². The molecule has 0 aliphatic heterocycles. The van der Waals surface area contributed by atoms with Gasteiger partial charge in [-0.25, -0.2) is 4.98 Å². The summed E-state index contributed by atoms with van der Waals surface area (Å²) in [5, 5.41) is 23.1. The predicted molar refractivity (Wildman–Crippen MR) is 126 cm³/mol. The monoisotopic (exact) mass is 463 g/mol. The molecule has 1 heterocycles. The van der Waals surface area contributed by atoms with Crippen LogP contribution in [-0.2, 0) is 16.0 Å². The molecule has 7 heteroatoms. The number of nitriles is 1. The lowest BCUT2D eigenvalue weighted by molar-refractivity contribution is -0.129. The molecule has 2 saturated carbocycles. The molecule has 1 aromatic heterocycles. The number of ketones is 1. The Kier molecular flexibility index (Phi) is 5.52. The van der Waals surface area contributed by atoms with Crippen LogP contribution in [0.2, 0.25) is 0 Å². The lowest BCUT2D eigenvalue weighted by atomic mass is 9.54. The van der Waals surface area contributed by atoms with Gasteiger partial charge in [-0.2, -0.15) is 5.26 Å². The number of nitrogens with zero attached hydrogens (tertiary/aromatic N) is 2. The number of aromatic nitrogens is 1. The molecule has 1 aromatic carbocycles. The fourth-order valence-corrected chi connectivity index (χ4v) is 7.61. The molecule has 5 atom stereocenters. The summed E-state index contributed by atoms with van der Waals surface area (Å²) in [6, 6.07) is 5.75. The number of phenols is 1. The van der Waals surface area contributed by atoms with Gasteiger partial charge in [0.2, 0.25) is 5.91 Å². The molecule has 172 valence electrons. The van der Waals surface area contributed by atoms with Gasteiger partial charge in [0.05, 0.1) is 5.56 Å². The van der Waals surface area contributed by atoms with Gasteiger partial charge >= 0.3 is 0 Å². The molecule has 2 fully saturated rings. The van der Waals surface area contributed by atoms with Crippen molar-refractivity contribution in [3.05, 3.63) is 39.9 Å². The number of rotatable bonds is 4. The van der Waals surface area contributed by atoms with E-state index in [0.717, 1.165) is 36.1 Å². The van der Waals surface area contributed by atoms with E-state index in [1.807, 2.05) is 13.0 Å². The minimum atomic E-state index is -0.318. The molecule has 0 saturated heterocycles. The first kappa shape index (κ1) is 22.1. The third-order valence-electron chi connectivity index (χ3n) is 8.42. The normalized spacial score (nSPS) is 30.2. The van der Waals surface area contributed by atoms with Crippen LogP contribution in [0.25, 0.3) is 0 Å². The van der Waals surface area contributed by atoms with Crippen LogP contribution in [0.1, 0.15) is 72.9 Å². The Hall–Kier alpha value is -2.72. The molecule has 3 unspecified atom stereocenters. The topological polar surface area (TPSA) is 103 Å². The second-order valence-corrected chi connectivity index (χ2v) is 11.5. The van der Waals surface area contributed by atoms with Gasteiger partial charge < -0.3 is 10.4 Å². The first-order valence-corrected chi connectivity index (χ1v) is 12.6. The van der Waals surface area contributed by atoms with Gasteiger partial charge in [0.15, 0.2) is 5.13 Å². The van der Waals surface area contributed by atoms with Crippen LogP contribution in [0.5, 0.6) is 5.75 Å². The molecule has 0 radical (unpaired) electrons. The standard InChI is InChI=1S/C26H29N3O3S/c1-14-13-28-25(33-14)29-23(32)6-4-16-11-22(31)26(2)8-7-18-19(24(16)26)5-3-15-10-21(30)17(12-27)9-20(15)18/h9-10,13,16,18-19,24,30H,3-8,11H2,1-2H3,(H,28,29,32)/t16-,18?,19?,24?,26-/m1/s1. The molecule has 3 aliphatic carbocycles. The van der Waals surface area contributed by atoms with Crippen molar-refractivity contribution >= 4 is 28.2 Å². The average Bonchev–Trinajstić information content (AvgIpc) is 3.31. The van der Waals surface area contributed by atoms with Crippen molar-refractivity contribution in [3.63, 3.8) is 0 Å². The Labute approximate surface area is 198 Å². The number of benzene rings is 1. The lowest BCUT2D eigenvalue weighted by Gasteiger charge is -2.50. The number of nitrogens with one attached hydrogen (secondary N) is 1. The molecule has 1 amide bonds. The third-order valence-corrected chi connectivity index (χ3v) is 9.24. The molecular weight excluding hydrogens is 434 g/mol. The number of Topliss-reactive ketones (excluding diaryl/α,β-unsaturated/α-hetero) is 1. The van der Waals surface area contributed by atoms with Crippen LogP contribution >= 0.6 is 11.3 Å². The van der Waals surface area contributed by atoms with Crippen LogP contribution in [0.15, 0.2) is 18.3 Å². The SMILES string of the molecule is Cc1cnc(NC(=O)CC[C@@H]2CC(=O)[C@@]3(C)CCC4c5cc(C#N)c(O)cc5CCC4C23)s1. The fourth-order valence-electron chi connectivity index (χ4n) is 6.93. The summed E-state index contributed by atoms with van der Waals surface area (Å²) >= 11 is 1.47. The van der Waals surface area contributed by atoms with E-state index in [0.29, 0.717) is 47.6 Å². The van der Waals surface area contributed by atoms with E-state index in [-0.39, 0.29) is 28.9 Å². The Morgan fingerprint density at radius 3 is 2.94 bits per heavy atom. The van der Waals surface area contributed by atoms with Crippen molar-refractivity contribution in [1.82, 2.24) is 4.98 Å². The number of aryl methyl sites for hydroxylation is 2. The number of carbonyl (C=O) groups is 2. The van der Waals surface area contributed by atoms with Crippen LogP contribution < -0.4 is 5.32 Å². The van der Waals surface area contributed by atoms with E-state index in [9.17, 15) is 20.0 Å². The van der Waals surface area contributed by atoms with Gasteiger partial charge in [0, 0.05) is 29.3 Å². The third kappa shape index (κ3) is 3.74. The van der Waals surface area contributed by atoms with Gasteiger partial charge in [-0.15, -0.1) is 11.3 Å². The number of amides is 1. The second kappa shape index (κ2) is 8.25. The van der Waals surface area contributed by atoms with Crippen molar-refractivity contribution in [2.24, 2.45) is 23.2 Å². The van der Waals surface area contributed by atoms with Gasteiger partial charge in [0.1, 0.15) is 17.6 Å². The summed E-state index contributed by atoms with van der Waals surface area (Å²) in [7, 11) is 0. The molecule has 33 heavy (non-hydrogen) atoms. The fraction of sp³-hybridized carbons (Fsp3) is 0.538. The highest BCUT2D eigenvalue weighted by Crippen LogP contribution is 2.62. The predicted octanol–water partition coefficient (Wildman–Crippen LogP) is 5.10. The highest BCUT2D eigenvalue weighted by Gasteiger charge is 2.58. The summed E-state index contributed by atoms with van der Waals surface area (Å²) in [5.41, 5.74) is 2.32. The van der Waals surface area contributed by atoms with E-state index in [2.05, 4.69) is 23.3 Å². The number of anilines is 1. The smallest absolute Gasteiger partial charge is 0.226 e. The van der Waals surface area contributed by atoms with Crippen molar-refractivity contribution in [2.45, 2.75) is 64.7 Å². The van der Waals surface area contributed by atoms with Crippen LogP contribution in [0.3, 0.4) is 0 Å². The van der Waals surface area contributed by atoms with Gasteiger partial charge in [-0.05, 0) is 86.0 Å². The Morgan fingerprint density at radius 1 is 1.39 bits per heavy atom. The van der Waals surface area contributed by atoms with Gasteiger partial charge in [0.25, 0.3) is 0 Å². The summed E-state index contributed by atoms with van der Waals surface area (Å²) in [6.45, 7) is 4.10. The molecular formula is C26H29N3O3S. The van der Waals surface area contributed by atoms with Crippen LogP contribution in [0, 0.1) is 41.4 Å². The summed E-state index contributed by atoms with van der Waals surface area (Å²) in [5.74, 6) is 1.50. The molecule has 2 aromatic rings. The van der Waals surface area contributed by atoms with Gasteiger partial charge in [-0.1, -0.05) is 6.92 Å². The molecule has 6 nitrogen and oxygen atoms in total.